The maximum atomic E-state index is 13.6. The van der Waals surface area contributed by atoms with Crippen LogP contribution in [0.4, 0.5) is 5.69 Å². The molecule has 0 aliphatic carbocycles. The summed E-state index contributed by atoms with van der Waals surface area (Å²) in [5.41, 5.74) is 0.718. The van der Waals surface area contributed by atoms with Crippen molar-refractivity contribution in [2.45, 2.75) is 38.3 Å². The van der Waals surface area contributed by atoms with Crippen molar-refractivity contribution < 1.29 is 29.1 Å². The Bertz CT molecular complexity index is 985. The van der Waals surface area contributed by atoms with Crippen LogP contribution in [0, 0.1) is 0 Å². The number of carbonyl (C=O) groups is 5. The molecule has 1 heterocycles. The molecule has 1 N–H and O–H groups in total. The number of unbranched alkanes of at least 4 members (excludes halogenated alkanes) is 1. The van der Waals surface area contributed by atoms with Crippen molar-refractivity contribution in [1.29, 1.82) is 0 Å². The van der Waals surface area contributed by atoms with Crippen molar-refractivity contribution in [3.05, 3.63) is 65.7 Å². The minimum absolute atomic E-state index is 0.0404. The highest BCUT2D eigenvalue weighted by molar-refractivity contribution is 6.23. The lowest BCUT2D eigenvalue weighted by atomic mass is 10.0. The number of carboxylic acids is 1. The number of para-hydroxylation sites is 1. The molecule has 3 rings (SSSR count). The van der Waals surface area contributed by atoms with Crippen LogP contribution in [0.3, 0.4) is 0 Å². The first-order valence-corrected chi connectivity index (χ1v) is 9.90. The molecule has 0 saturated carbocycles. The van der Waals surface area contributed by atoms with Crippen LogP contribution >= 0.6 is 0 Å². The zero-order valence-electron chi connectivity index (χ0n) is 16.9. The fourth-order valence-corrected chi connectivity index (χ4v) is 3.65. The van der Waals surface area contributed by atoms with Crippen LogP contribution in [0.2, 0.25) is 0 Å². The number of anilines is 1. The largest absolute Gasteiger partial charge is 0.480 e. The van der Waals surface area contributed by atoms with E-state index in [1.54, 1.807) is 42.5 Å². The molecule has 0 fully saturated rings. The number of rotatable bonds is 9. The Hall–Kier alpha value is -3.81. The fraction of sp³-hybridized carbons (Fsp3) is 0.261. The number of benzene rings is 2. The zero-order valence-corrected chi connectivity index (χ0v) is 16.9. The average molecular weight is 422 g/mol. The predicted octanol–water partition coefficient (Wildman–Crippen LogP) is 2.53. The van der Waals surface area contributed by atoms with Gasteiger partial charge in [0.1, 0.15) is 18.4 Å². The van der Waals surface area contributed by atoms with Gasteiger partial charge in [-0.25, -0.2) is 4.79 Å². The van der Waals surface area contributed by atoms with Crippen LogP contribution in [0.25, 0.3) is 0 Å². The summed E-state index contributed by atoms with van der Waals surface area (Å²) in [6.07, 6.45) is 1.14. The molecule has 0 aromatic heterocycles. The quantitative estimate of drug-likeness (QED) is 0.378. The lowest BCUT2D eigenvalue weighted by molar-refractivity contribution is -0.140. The molecule has 2 aromatic carbocycles. The summed E-state index contributed by atoms with van der Waals surface area (Å²) >= 11 is 0. The van der Waals surface area contributed by atoms with Gasteiger partial charge in [0.25, 0.3) is 17.7 Å². The number of hydrogen-bond donors (Lipinski definition) is 1. The first-order chi connectivity index (χ1) is 14.9. The van der Waals surface area contributed by atoms with Crippen molar-refractivity contribution in [1.82, 2.24) is 4.90 Å². The van der Waals surface area contributed by atoms with Gasteiger partial charge in [-0.2, -0.15) is 0 Å². The van der Waals surface area contributed by atoms with Gasteiger partial charge in [-0.05, 0) is 44.0 Å². The van der Waals surface area contributed by atoms with Crippen molar-refractivity contribution in [3.63, 3.8) is 0 Å². The molecule has 1 aliphatic heterocycles. The molecular weight excluding hydrogens is 400 g/mol. The van der Waals surface area contributed by atoms with E-state index in [9.17, 15) is 29.1 Å². The minimum Gasteiger partial charge on any atom is -0.480 e. The molecule has 8 heteroatoms. The zero-order chi connectivity index (χ0) is 22.5. The van der Waals surface area contributed by atoms with Gasteiger partial charge in [0, 0.05) is 12.1 Å². The van der Waals surface area contributed by atoms with E-state index in [4.69, 9.17) is 0 Å². The van der Waals surface area contributed by atoms with Gasteiger partial charge in [-0.3, -0.25) is 24.2 Å². The lowest BCUT2D eigenvalue weighted by Crippen LogP contribution is -2.55. The third-order valence-corrected chi connectivity index (χ3v) is 5.24. The minimum atomic E-state index is -1.24. The van der Waals surface area contributed by atoms with Crippen LogP contribution in [0.1, 0.15) is 46.9 Å². The number of carboxylic acid groups (broad SMARTS) is 1. The second-order valence-corrected chi connectivity index (χ2v) is 7.20. The number of fused-ring (bicyclic) bond motifs is 1. The summed E-state index contributed by atoms with van der Waals surface area (Å²) < 4.78 is 0. The smallest absolute Gasteiger partial charge is 0.326 e. The van der Waals surface area contributed by atoms with Gasteiger partial charge >= 0.3 is 5.97 Å². The highest BCUT2D eigenvalue weighted by Crippen LogP contribution is 2.29. The molecule has 2 atom stereocenters. The van der Waals surface area contributed by atoms with E-state index in [1.165, 1.54) is 19.1 Å². The summed E-state index contributed by atoms with van der Waals surface area (Å²) in [6, 6.07) is 12.0. The molecule has 1 aliphatic rings. The lowest BCUT2D eigenvalue weighted by Gasteiger charge is -2.33. The summed E-state index contributed by atoms with van der Waals surface area (Å²) in [5, 5.41) is 9.58. The van der Waals surface area contributed by atoms with E-state index in [-0.39, 0.29) is 30.4 Å². The van der Waals surface area contributed by atoms with E-state index in [0.29, 0.717) is 12.0 Å². The summed E-state index contributed by atoms with van der Waals surface area (Å²) in [5.74, 6) is -3.14. The molecule has 8 nitrogen and oxygen atoms in total. The molecule has 0 saturated heterocycles. The normalized spacial score (nSPS) is 14.7. The van der Waals surface area contributed by atoms with E-state index < -0.39 is 35.8 Å². The highest BCUT2D eigenvalue weighted by atomic mass is 16.4. The number of hydrogen-bond acceptors (Lipinski definition) is 5. The third kappa shape index (κ3) is 4.23. The second-order valence-electron chi connectivity index (χ2n) is 7.20. The van der Waals surface area contributed by atoms with E-state index in [2.05, 4.69) is 0 Å². The molecule has 3 amide bonds. The first kappa shape index (κ1) is 21.9. The fourth-order valence-electron chi connectivity index (χ4n) is 3.65. The predicted molar refractivity (Wildman–Crippen MR) is 112 cm³/mol. The number of carbonyl (C=O) groups excluding carboxylic acids is 4. The number of amides is 3. The van der Waals surface area contributed by atoms with Gasteiger partial charge in [0.2, 0.25) is 0 Å². The van der Waals surface area contributed by atoms with Crippen molar-refractivity contribution in [3.8, 4) is 0 Å². The van der Waals surface area contributed by atoms with E-state index >= 15 is 0 Å². The standard InChI is InChI=1S/C23H22N2O6/c1-15(23(30)31)24(16-9-3-2-4-10-16)22(29)19(13-7-8-14-26)25-20(27)17-11-5-6-12-18(17)21(25)28/h2-6,9-12,14-15,19H,7-8,13H2,1H3,(H,30,31)/t15-,19+/m0/s1. The van der Waals surface area contributed by atoms with Gasteiger partial charge in [-0.1, -0.05) is 30.3 Å². The number of nitrogens with zero attached hydrogens (tertiary/aromatic N) is 2. The van der Waals surface area contributed by atoms with Crippen LogP contribution in [0.5, 0.6) is 0 Å². The molecule has 0 radical (unpaired) electrons. The van der Waals surface area contributed by atoms with Crippen LogP contribution < -0.4 is 4.90 Å². The maximum absolute atomic E-state index is 13.6. The number of aliphatic carboxylic acids is 1. The molecular formula is C23H22N2O6. The van der Waals surface area contributed by atoms with E-state index in [0.717, 1.165) is 9.80 Å². The summed E-state index contributed by atoms with van der Waals surface area (Å²) in [6.45, 7) is 1.36. The maximum Gasteiger partial charge on any atom is 0.326 e. The summed E-state index contributed by atoms with van der Waals surface area (Å²) in [4.78, 5) is 64.2. The van der Waals surface area contributed by atoms with Crippen LogP contribution in [0.15, 0.2) is 54.6 Å². The molecule has 160 valence electrons. The Kier molecular flexibility index (Phi) is 6.59. The topological polar surface area (TPSA) is 112 Å². The van der Waals surface area contributed by atoms with Crippen LogP contribution in [-0.4, -0.2) is 52.1 Å². The van der Waals surface area contributed by atoms with Gasteiger partial charge in [0.15, 0.2) is 0 Å². The summed E-state index contributed by atoms with van der Waals surface area (Å²) in [7, 11) is 0. The second kappa shape index (κ2) is 9.34. The Labute approximate surface area is 179 Å². The molecule has 0 spiro atoms. The monoisotopic (exact) mass is 422 g/mol. The number of imide groups is 1. The molecule has 0 unspecified atom stereocenters. The van der Waals surface area contributed by atoms with Gasteiger partial charge in [-0.15, -0.1) is 0 Å². The van der Waals surface area contributed by atoms with Crippen LogP contribution in [-0.2, 0) is 14.4 Å². The Morgan fingerprint density at radius 2 is 1.55 bits per heavy atom. The van der Waals surface area contributed by atoms with Crippen molar-refractivity contribution in [2.75, 3.05) is 4.90 Å². The molecule has 2 aromatic rings. The Morgan fingerprint density at radius 1 is 1.00 bits per heavy atom. The number of aldehydes is 1. The van der Waals surface area contributed by atoms with Crippen molar-refractivity contribution in [2.24, 2.45) is 0 Å². The highest BCUT2D eigenvalue weighted by Gasteiger charge is 2.45. The van der Waals surface area contributed by atoms with E-state index in [1.807, 2.05) is 0 Å². The SMILES string of the molecule is C[C@@H](C(=O)O)N(C(=O)[C@@H](CCCC=O)N1C(=O)c2ccccc2C1=O)c1ccccc1. The Morgan fingerprint density at radius 3 is 2.06 bits per heavy atom. The Balaban J connectivity index is 2.04. The first-order valence-electron chi connectivity index (χ1n) is 9.90. The molecule has 31 heavy (non-hydrogen) atoms. The third-order valence-electron chi connectivity index (χ3n) is 5.24. The van der Waals surface area contributed by atoms with Crippen molar-refractivity contribution >= 4 is 35.7 Å². The van der Waals surface area contributed by atoms with Gasteiger partial charge < -0.3 is 9.90 Å². The average Bonchev–Trinajstić information content (AvgIpc) is 3.02. The molecule has 0 bridgehead atoms. The van der Waals surface area contributed by atoms with Gasteiger partial charge in [0.05, 0.1) is 11.1 Å².